The monoisotopic (exact) mass is 930 g/mol. The number of carbonyl (C=O) groups excluding carboxylic acids is 1. The zero-order valence-corrected chi connectivity index (χ0v) is 35.4. The molecule has 2 saturated heterocycles. The van der Waals surface area contributed by atoms with Gasteiger partial charge in [0.05, 0.1) is 35.2 Å². The topological polar surface area (TPSA) is 65.7 Å². The Hall–Kier alpha value is -5.49. The first-order valence-corrected chi connectivity index (χ1v) is 21.1. The van der Waals surface area contributed by atoms with Crippen molar-refractivity contribution in [1.82, 2.24) is 29.4 Å². The molecule has 4 aromatic carbocycles. The zero-order valence-electron chi connectivity index (χ0n) is 33.9. The molecule has 8 rings (SSSR count). The van der Waals surface area contributed by atoms with Crippen LogP contribution in [0.15, 0.2) is 109 Å². The lowest BCUT2D eigenvalue weighted by Gasteiger charge is -2.43. The van der Waals surface area contributed by atoms with Crippen molar-refractivity contribution in [2.24, 2.45) is 0 Å². The standard InChI is InChI=1S/C45H40Cl2F8N8O/c46-37-39(29-7-3-1-4-8-29)56-62(42(37)44(50,51)52)27-35(60-23-19-58(20-24-60)33-15-11-31(48)12-16-33)41(64)36(61-25-21-59(22-26-61)34-17-13-32(49)14-18-34)28-63-43(45(53,54)55)38(47)40(57-63)30-9-5-2-6-10-30/h1-18,35-36H,19-28H2. The minimum Gasteiger partial charge on any atom is -0.369 e. The van der Waals surface area contributed by atoms with Gasteiger partial charge in [-0.3, -0.25) is 24.0 Å². The Morgan fingerprint density at radius 1 is 0.516 bits per heavy atom. The second-order valence-electron chi connectivity index (χ2n) is 15.5. The number of ketones is 1. The number of nitrogens with zero attached hydrogens (tertiary/aromatic N) is 8. The van der Waals surface area contributed by atoms with E-state index in [1.807, 2.05) is 9.80 Å². The fourth-order valence-corrected chi connectivity index (χ4v) is 9.16. The van der Waals surface area contributed by atoms with Crippen LogP contribution in [0.5, 0.6) is 0 Å². The highest BCUT2D eigenvalue weighted by Gasteiger charge is 2.45. The molecule has 336 valence electrons. The van der Waals surface area contributed by atoms with E-state index in [0.29, 0.717) is 31.9 Å². The first kappa shape index (κ1) is 45.1. The van der Waals surface area contributed by atoms with E-state index in [2.05, 4.69) is 10.2 Å². The highest BCUT2D eigenvalue weighted by atomic mass is 35.5. The Morgan fingerprint density at radius 3 is 1.16 bits per heavy atom. The van der Waals surface area contributed by atoms with Crippen molar-refractivity contribution in [3.05, 3.63) is 142 Å². The van der Waals surface area contributed by atoms with Gasteiger partial charge in [-0.05, 0) is 48.5 Å². The van der Waals surface area contributed by atoms with Gasteiger partial charge in [0.15, 0.2) is 17.2 Å². The van der Waals surface area contributed by atoms with Crippen molar-refractivity contribution in [2.45, 2.75) is 37.5 Å². The summed E-state index contributed by atoms with van der Waals surface area (Å²) in [6.07, 6.45) is -10.0. The quantitative estimate of drug-likeness (QED) is 0.113. The molecule has 0 bridgehead atoms. The maximum absolute atomic E-state index is 15.6. The van der Waals surface area contributed by atoms with Crippen LogP contribution in [0.4, 0.5) is 46.5 Å². The molecule has 2 aliphatic rings. The molecule has 0 radical (unpaired) electrons. The van der Waals surface area contributed by atoms with Crippen LogP contribution >= 0.6 is 23.2 Å². The lowest BCUT2D eigenvalue weighted by atomic mass is 9.99. The molecule has 0 amide bonds. The lowest BCUT2D eigenvalue weighted by Crippen LogP contribution is -2.61. The average Bonchev–Trinajstić information content (AvgIpc) is 3.81. The summed E-state index contributed by atoms with van der Waals surface area (Å²) in [6, 6.07) is 24.9. The van der Waals surface area contributed by atoms with Crippen LogP contribution in [0, 0.1) is 11.6 Å². The van der Waals surface area contributed by atoms with Gasteiger partial charge in [0.1, 0.15) is 23.0 Å². The molecule has 6 aromatic rings. The van der Waals surface area contributed by atoms with Crippen molar-refractivity contribution >= 4 is 40.4 Å². The first-order valence-electron chi connectivity index (χ1n) is 20.4. The minimum atomic E-state index is -5.02. The van der Waals surface area contributed by atoms with Gasteiger partial charge in [0.25, 0.3) is 0 Å². The normalized spacial score (nSPS) is 16.6. The number of aromatic nitrogens is 4. The van der Waals surface area contributed by atoms with Crippen molar-refractivity contribution in [2.75, 3.05) is 62.2 Å². The summed E-state index contributed by atoms with van der Waals surface area (Å²) in [5.74, 6) is -1.55. The maximum atomic E-state index is 15.6. The molecule has 2 unspecified atom stereocenters. The number of alkyl halides is 6. The molecule has 0 saturated carbocycles. The van der Waals surface area contributed by atoms with E-state index in [0.717, 1.165) is 0 Å². The molecule has 9 nitrogen and oxygen atoms in total. The van der Waals surface area contributed by atoms with E-state index in [9.17, 15) is 8.78 Å². The van der Waals surface area contributed by atoms with Gasteiger partial charge in [0.2, 0.25) is 0 Å². The van der Waals surface area contributed by atoms with Gasteiger partial charge < -0.3 is 9.80 Å². The third kappa shape index (κ3) is 9.62. The first-order chi connectivity index (χ1) is 30.6. The van der Waals surface area contributed by atoms with Crippen molar-refractivity contribution < 1.29 is 39.9 Å². The number of anilines is 2. The molecular formula is C45H40Cl2F8N8O. The molecule has 2 fully saturated rings. The third-order valence-electron chi connectivity index (χ3n) is 11.7. The van der Waals surface area contributed by atoms with E-state index >= 15 is 31.1 Å². The second kappa shape index (κ2) is 18.5. The fraction of sp³-hybridized carbons (Fsp3) is 0.311. The number of piperazine rings is 2. The summed E-state index contributed by atoms with van der Waals surface area (Å²) in [7, 11) is 0. The number of hydrogen-bond acceptors (Lipinski definition) is 7. The number of rotatable bonds is 12. The number of halogens is 10. The van der Waals surface area contributed by atoms with E-state index in [-0.39, 0.29) is 63.7 Å². The number of benzene rings is 4. The molecule has 19 heteroatoms. The van der Waals surface area contributed by atoms with Gasteiger partial charge in [-0.15, -0.1) is 0 Å². The van der Waals surface area contributed by atoms with Gasteiger partial charge >= 0.3 is 12.4 Å². The van der Waals surface area contributed by atoms with E-state index in [1.54, 1.807) is 94.7 Å². The van der Waals surface area contributed by atoms with Crippen molar-refractivity contribution in [3.8, 4) is 22.5 Å². The van der Waals surface area contributed by atoms with E-state index in [4.69, 9.17) is 23.2 Å². The van der Waals surface area contributed by atoms with E-state index in [1.165, 1.54) is 24.3 Å². The summed E-state index contributed by atoms with van der Waals surface area (Å²) in [5.41, 5.74) is -0.915. The largest absolute Gasteiger partial charge is 0.434 e. The molecular weight excluding hydrogens is 891 g/mol. The Kier molecular flexibility index (Phi) is 13.1. The Labute approximate surface area is 373 Å². The molecule has 2 atom stereocenters. The van der Waals surface area contributed by atoms with Crippen molar-refractivity contribution in [3.63, 3.8) is 0 Å². The molecule has 2 aliphatic heterocycles. The van der Waals surface area contributed by atoms with Crippen LogP contribution in [0.3, 0.4) is 0 Å². The number of carbonyl (C=O) groups is 1. The summed E-state index contributed by atoms with van der Waals surface area (Å²) in [4.78, 5) is 22.9. The summed E-state index contributed by atoms with van der Waals surface area (Å²) in [5, 5.41) is 7.34. The van der Waals surface area contributed by atoms with Crippen LogP contribution in [0.25, 0.3) is 22.5 Å². The highest BCUT2D eigenvalue weighted by molar-refractivity contribution is 6.34. The number of hydrogen-bond donors (Lipinski definition) is 0. The Bertz CT molecular complexity index is 2360. The van der Waals surface area contributed by atoms with Crippen LogP contribution in [0.2, 0.25) is 10.0 Å². The molecule has 0 N–H and O–H groups in total. The Balaban J connectivity index is 1.21. The van der Waals surface area contributed by atoms with Gasteiger partial charge in [-0.2, -0.15) is 36.5 Å². The van der Waals surface area contributed by atoms with E-state index < -0.39 is 76.4 Å². The number of Topliss-reactive ketones (excluding diaryl/α,β-unsaturated/α-hetero) is 1. The summed E-state index contributed by atoms with van der Waals surface area (Å²) < 4.78 is 119. The molecule has 2 aromatic heterocycles. The minimum absolute atomic E-state index is 0.139. The zero-order chi connectivity index (χ0) is 45.3. The third-order valence-corrected chi connectivity index (χ3v) is 12.4. The smallest absolute Gasteiger partial charge is 0.369 e. The summed E-state index contributed by atoms with van der Waals surface area (Å²) in [6.45, 7) is 0.363. The Morgan fingerprint density at radius 2 is 0.844 bits per heavy atom. The highest BCUT2D eigenvalue weighted by Crippen LogP contribution is 2.42. The SMILES string of the molecule is O=C(C(Cn1nc(-c2ccccc2)c(Cl)c1C(F)(F)F)N1CCN(c2ccc(F)cc2)CC1)C(Cn1nc(-c2ccccc2)c(Cl)c1C(F)(F)F)N1CCN(c2ccc(F)cc2)CC1. The maximum Gasteiger partial charge on any atom is 0.434 e. The predicted octanol–water partition coefficient (Wildman–Crippen LogP) is 9.69. The second-order valence-corrected chi connectivity index (χ2v) is 16.3. The van der Waals surface area contributed by atoms with Crippen LogP contribution in [-0.4, -0.2) is 99.6 Å². The predicted molar refractivity (Wildman–Crippen MR) is 228 cm³/mol. The van der Waals surface area contributed by atoms with Gasteiger partial charge in [0, 0.05) is 74.9 Å². The molecule has 0 aliphatic carbocycles. The lowest BCUT2D eigenvalue weighted by molar-refractivity contribution is -0.146. The van der Waals surface area contributed by atoms with Crippen LogP contribution in [0.1, 0.15) is 11.4 Å². The fourth-order valence-electron chi connectivity index (χ4n) is 8.45. The van der Waals surface area contributed by atoms with Crippen LogP contribution in [-0.2, 0) is 30.2 Å². The van der Waals surface area contributed by atoms with Crippen molar-refractivity contribution in [1.29, 1.82) is 0 Å². The average molecular weight is 932 g/mol. The van der Waals surface area contributed by atoms with Gasteiger partial charge in [-0.25, -0.2) is 8.78 Å². The van der Waals surface area contributed by atoms with Gasteiger partial charge in [-0.1, -0.05) is 83.9 Å². The molecule has 4 heterocycles. The molecule has 64 heavy (non-hydrogen) atoms. The molecule has 0 spiro atoms. The summed E-state index contributed by atoms with van der Waals surface area (Å²) >= 11 is 13.0. The van der Waals surface area contributed by atoms with Crippen LogP contribution < -0.4 is 9.80 Å².